The van der Waals surface area contributed by atoms with Crippen molar-refractivity contribution in [1.82, 2.24) is 10.6 Å². The number of piperidine rings is 1. The molecule has 0 aromatic rings. The Kier molecular flexibility index (Phi) is 3.97. The van der Waals surface area contributed by atoms with Gasteiger partial charge in [-0.15, -0.1) is 0 Å². The number of amides is 1. The van der Waals surface area contributed by atoms with Crippen molar-refractivity contribution in [2.45, 2.75) is 51.5 Å². The van der Waals surface area contributed by atoms with Crippen molar-refractivity contribution in [3.05, 3.63) is 0 Å². The summed E-state index contributed by atoms with van der Waals surface area (Å²) in [7, 11) is 0. The predicted molar refractivity (Wildman–Crippen MR) is 71.2 cm³/mol. The van der Waals surface area contributed by atoms with Gasteiger partial charge in [-0.2, -0.15) is 0 Å². The number of carbonyl (C=O) groups excluding carboxylic acids is 1. The molecule has 4 nitrogen and oxygen atoms in total. The Morgan fingerprint density at radius 1 is 1.50 bits per heavy atom. The molecule has 0 radical (unpaired) electrons. The third kappa shape index (κ3) is 2.69. The van der Waals surface area contributed by atoms with Crippen LogP contribution in [0.1, 0.15) is 46.0 Å². The van der Waals surface area contributed by atoms with Crippen LogP contribution in [0.2, 0.25) is 0 Å². The molecule has 1 saturated carbocycles. The standard InChI is InChI=1S/C14H26N2O2/c1-3-13(2,6-9-17)16-12(18)11-10-14(11)4-7-15-8-5-14/h11,15,17H,3-10H2,1-2H3,(H,16,18). The number of aliphatic hydroxyl groups is 1. The molecule has 2 unspecified atom stereocenters. The van der Waals surface area contributed by atoms with E-state index in [-0.39, 0.29) is 24.0 Å². The van der Waals surface area contributed by atoms with Gasteiger partial charge in [0.15, 0.2) is 0 Å². The largest absolute Gasteiger partial charge is 0.396 e. The van der Waals surface area contributed by atoms with Crippen LogP contribution < -0.4 is 10.6 Å². The highest BCUT2D eigenvalue weighted by Gasteiger charge is 2.58. The normalized spacial score (nSPS) is 28.7. The van der Waals surface area contributed by atoms with Crippen molar-refractivity contribution < 1.29 is 9.90 Å². The van der Waals surface area contributed by atoms with Gasteiger partial charge in [0.1, 0.15) is 0 Å². The second-order valence-electron chi connectivity index (χ2n) is 6.25. The molecule has 4 heteroatoms. The molecule has 0 aromatic carbocycles. The maximum Gasteiger partial charge on any atom is 0.224 e. The van der Waals surface area contributed by atoms with Gasteiger partial charge in [-0.25, -0.2) is 0 Å². The van der Waals surface area contributed by atoms with Crippen molar-refractivity contribution in [3.63, 3.8) is 0 Å². The van der Waals surface area contributed by atoms with E-state index >= 15 is 0 Å². The maximum absolute atomic E-state index is 12.3. The van der Waals surface area contributed by atoms with Gasteiger partial charge >= 0.3 is 0 Å². The summed E-state index contributed by atoms with van der Waals surface area (Å²) in [5.41, 5.74) is 0.0474. The minimum absolute atomic E-state index is 0.129. The Balaban J connectivity index is 1.89. The lowest BCUT2D eigenvalue weighted by atomic mass is 9.90. The summed E-state index contributed by atoms with van der Waals surface area (Å²) in [4.78, 5) is 12.3. The summed E-state index contributed by atoms with van der Waals surface area (Å²) < 4.78 is 0. The van der Waals surface area contributed by atoms with Gasteiger partial charge in [-0.05, 0) is 57.5 Å². The van der Waals surface area contributed by atoms with Crippen molar-refractivity contribution in [3.8, 4) is 0 Å². The molecule has 104 valence electrons. The molecule has 2 aliphatic rings. The van der Waals surface area contributed by atoms with E-state index in [1.54, 1.807) is 0 Å². The van der Waals surface area contributed by atoms with Crippen LogP contribution >= 0.6 is 0 Å². The van der Waals surface area contributed by atoms with Crippen LogP contribution in [-0.2, 0) is 4.79 Å². The summed E-state index contributed by atoms with van der Waals surface area (Å²) in [6.45, 7) is 6.31. The van der Waals surface area contributed by atoms with E-state index in [4.69, 9.17) is 5.11 Å². The first kappa shape index (κ1) is 13.8. The minimum atomic E-state index is -0.247. The molecule has 2 rings (SSSR count). The summed E-state index contributed by atoms with van der Waals surface area (Å²) in [6, 6.07) is 0. The van der Waals surface area contributed by atoms with Gasteiger partial charge in [0.25, 0.3) is 0 Å². The number of aliphatic hydroxyl groups excluding tert-OH is 1. The van der Waals surface area contributed by atoms with Gasteiger partial charge in [-0.3, -0.25) is 4.79 Å². The van der Waals surface area contributed by atoms with Gasteiger partial charge < -0.3 is 15.7 Å². The van der Waals surface area contributed by atoms with Crippen LogP contribution in [0.4, 0.5) is 0 Å². The first-order valence-corrected chi connectivity index (χ1v) is 7.19. The zero-order valence-electron chi connectivity index (χ0n) is 11.6. The monoisotopic (exact) mass is 254 g/mol. The fourth-order valence-corrected chi connectivity index (χ4v) is 3.15. The van der Waals surface area contributed by atoms with Gasteiger partial charge in [-0.1, -0.05) is 6.92 Å². The zero-order valence-corrected chi connectivity index (χ0v) is 11.6. The highest BCUT2D eigenvalue weighted by Crippen LogP contribution is 2.58. The number of carbonyl (C=O) groups is 1. The fraction of sp³-hybridized carbons (Fsp3) is 0.929. The van der Waals surface area contributed by atoms with Gasteiger partial charge in [0.2, 0.25) is 5.91 Å². The lowest BCUT2D eigenvalue weighted by molar-refractivity contribution is -0.125. The van der Waals surface area contributed by atoms with E-state index < -0.39 is 0 Å². The maximum atomic E-state index is 12.3. The van der Waals surface area contributed by atoms with Crippen LogP contribution in [-0.4, -0.2) is 36.2 Å². The van der Waals surface area contributed by atoms with Gasteiger partial charge in [0, 0.05) is 18.1 Å². The topological polar surface area (TPSA) is 61.4 Å². The highest BCUT2D eigenvalue weighted by atomic mass is 16.3. The summed E-state index contributed by atoms with van der Waals surface area (Å²) in [5.74, 6) is 0.416. The molecule has 1 aliphatic heterocycles. The highest BCUT2D eigenvalue weighted by molar-refractivity contribution is 5.83. The molecular formula is C14H26N2O2. The lowest BCUT2D eigenvalue weighted by Gasteiger charge is -2.30. The number of hydrogen-bond donors (Lipinski definition) is 3. The molecule has 1 aliphatic carbocycles. The van der Waals surface area contributed by atoms with E-state index in [0.29, 0.717) is 11.8 Å². The van der Waals surface area contributed by atoms with E-state index in [2.05, 4.69) is 17.6 Å². The predicted octanol–water partition coefficient (Wildman–Crippen LogP) is 1.04. The summed E-state index contributed by atoms with van der Waals surface area (Å²) >= 11 is 0. The van der Waals surface area contributed by atoms with Crippen molar-refractivity contribution in [2.75, 3.05) is 19.7 Å². The van der Waals surface area contributed by atoms with E-state index in [1.165, 1.54) is 0 Å². The molecule has 2 atom stereocenters. The average Bonchev–Trinajstić information content (AvgIpc) is 3.04. The van der Waals surface area contributed by atoms with Crippen LogP contribution in [0.5, 0.6) is 0 Å². The van der Waals surface area contributed by atoms with Crippen LogP contribution in [0.3, 0.4) is 0 Å². The Labute approximate surface area is 110 Å². The number of nitrogens with one attached hydrogen (secondary N) is 2. The van der Waals surface area contributed by atoms with Crippen molar-refractivity contribution >= 4 is 5.91 Å². The molecule has 1 amide bonds. The Morgan fingerprint density at radius 3 is 2.72 bits per heavy atom. The molecule has 18 heavy (non-hydrogen) atoms. The van der Waals surface area contributed by atoms with Crippen molar-refractivity contribution in [1.29, 1.82) is 0 Å². The average molecular weight is 254 g/mol. The fourth-order valence-electron chi connectivity index (χ4n) is 3.15. The van der Waals surface area contributed by atoms with Gasteiger partial charge in [0.05, 0.1) is 0 Å². The SMILES string of the molecule is CCC(C)(CCO)NC(=O)C1CC12CCNCC2. The molecule has 1 saturated heterocycles. The first-order chi connectivity index (χ1) is 8.55. The quantitative estimate of drug-likeness (QED) is 0.687. The molecular weight excluding hydrogens is 228 g/mol. The second kappa shape index (κ2) is 5.17. The summed E-state index contributed by atoms with van der Waals surface area (Å²) in [6.07, 6.45) is 4.82. The van der Waals surface area contributed by atoms with E-state index in [1.807, 2.05) is 6.92 Å². The lowest BCUT2D eigenvalue weighted by Crippen LogP contribution is -2.47. The first-order valence-electron chi connectivity index (χ1n) is 7.19. The minimum Gasteiger partial charge on any atom is -0.396 e. The Bertz CT molecular complexity index is 313. The summed E-state index contributed by atoms with van der Waals surface area (Å²) in [5, 5.41) is 15.6. The van der Waals surface area contributed by atoms with Crippen LogP contribution in [0.25, 0.3) is 0 Å². The number of hydrogen-bond acceptors (Lipinski definition) is 3. The van der Waals surface area contributed by atoms with Crippen LogP contribution in [0.15, 0.2) is 0 Å². The van der Waals surface area contributed by atoms with E-state index in [0.717, 1.165) is 38.8 Å². The molecule has 2 fully saturated rings. The Hall–Kier alpha value is -0.610. The molecule has 1 spiro atoms. The van der Waals surface area contributed by atoms with Crippen LogP contribution in [0, 0.1) is 11.3 Å². The Morgan fingerprint density at radius 2 is 2.17 bits per heavy atom. The molecule has 0 aromatic heterocycles. The molecule has 1 heterocycles. The number of rotatable bonds is 5. The van der Waals surface area contributed by atoms with E-state index in [9.17, 15) is 4.79 Å². The van der Waals surface area contributed by atoms with Crippen molar-refractivity contribution in [2.24, 2.45) is 11.3 Å². The molecule has 3 N–H and O–H groups in total. The second-order valence-corrected chi connectivity index (χ2v) is 6.25. The molecule has 0 bridgehead atoms. The zero-order chi connectivity index (χ0) is 13.2. The third-order valence-electron chi connectivity index (χ3n) is 4.97. The smallest absolute Gasteiger partial charge is 0.224 e. The third-order valence-corrected chi connectivity index (χ3v) is 4.97.